The normalized spacial score (nSPS) is 10.5. The van der Waals surface area contributed by atoms with Crippen LogP contribution in [0.25, 0.3) is 10.6 Å². The molecule has 17 heavy (non-hydrogen) atoms. The first-order chi connectivity index (χ1) is 8.28. The number of hydrogen-bond acceptors (Lipinski definition) is 4. The largest absolute Gasteiger partial charge is 0.496 e. The van der Waals surface area contributed by atoms with Crippen LogP contribution in [0.15, 0.2) is 24.4 Å². The zero-order valence-corrected chi connectivity index (χ0v) is 10.8. The van der Waals surface area contributed by atoms with Crippen molar-refractivity contribution in [1.29, 1.82) is 0 Å². The van der Waals surface area contributed by atoms with E-state index in [-0.39, 0.29) is 6.61 Å². The molecule has 0 amide bonds. The SMILES string of the molecule is CCc1cc(-c2ncc(CO)s2)ccc1OC. The first kappa shape index (κ1) is 12.1. The number of hydrogen-bond donors (Lipinski definition) is 1. The third-order valence-corrected chi connectivity index (χ3v) is 3.65. The van der Waals surface area contributed by atoms with E-state index in [9.17, 15) is 0 Å². The van der Waals surface area contributed by atoms with Crippen molar-refractivity contribution in [3.05, 3.63) is 34.8 Å². The Kier molecular flexibility index (Phi) is 3.76. The summed E-state index contributed by atoms with van der Waals surface area (Å²) in [4.78, 5) is 5.19. The molecule has 0 spiro atoms. The minimum atomic E-state index is 0.0501. The fourth-order valence-electron chi connectivity index (χ4n) is 1.70. The summed E-state index contributed by atoms with van der Waals surface area (Å²) in [6, 6.07) is 6.06. The van der Waals surface area contributed by atoms with Gasteiger partial charge in [0.1, 0.15) is 10.8 Å². The Balaban J connectivity index is 2.38. The molecule has 1 N–H and O–H groups in total. The van der Waals surface area contributed by atoms with Crippen molar-refractivity contribution in [3.8, 4) is 16.3 Å². The second-order valence-electron chi connectivity index (χ2n) is 3.67. The summed E-state index contributed by atoms with van der Waals surface area (Å²) in [6.07, 6.45) is 2.64. The second kappa shape index (κ2) is 5.29. The Labute approximate surface area is 105 Å². The van der Waals surface area contributed by atoms with Gasteiger partial charge in [-0.15, -0.1) is 11.3 Å². The van der Waals surface area contributed by atoms with Gasteiger partial charge in [0.25, 0.3) is 0 Å². The van der Waals surface area contributed by atoms with Crippen LogP contribution in [0.1, 0.15) is 17.4 Å². The molecule has 1 aromatic carbocycles. The molecular formula is C13H15NO2S. The number of aliphatic hydroxyl groups excluding tert-OH is 1. The van der Waals surface area contributed by atoms with E-state index in [0.29, 0.717) is 0 Å². The van der Waals surface area contributed by atoms with Gasteiger partial charge >= 0.3 is 0 Å². The molecule has 0 aliphatic heterocycles. The molecule has 0 aliphatic carbocycles. The van der Waals surface area contributed by atoms with E-state index < -0.39 is 0 Å². The first-order valence-corrected chi connectivity index (χ1v) is 6.33. The molecule has 0 unspecified atom stereocenters. The van der Waals surface area contributed by atoms with Gasteiger partial charge in [-0.1, -0.05) is 6.92 Å². The molecule has 0 radical (unpaired) electrons. The molecule has 2 aromatic rings. The number of rotatable bonds is 4. The fraction of sp³-hybridized carbons (Fsp3) is 0.308. The van der Waals surface area contributed by atoms with E-state index in [1.807, 2.05) is 12.1 Å². The van der Waals surface area contributed by atoms with Crippen molar-refractivity contribution in [2.75, 3.05) is 7.11 Å². The fourth-order valence-corrected chi connectivity index (χ4v) is 2.47. The van der Waals surface area contributed by atoms with Crippen LogP contribution in [-0.2, 0) is 13.0 Å². The molecule has 0 aliphatic rings. The Morgan fingerprint density at radius 3 is 2.82 bits per heavy atom. The van der Waals surface area contributed by atoms with Crippen molar-refractivity contribution in [3.63, 3.8) is 0 Å². The standard InChI is InChI=1S/C13H15NO2S/c1-3-9-6-10(4-5-12(9)16-2)13-14-7-11(8-15)17-13/h4-7,15H,3,8H2,1-2H3. The second-order valence-corrected chi connectivity index (χ2v) is 4.79. The number of aryl methyl sites for hydroxylation is 1. The summed E-state index contributed by atoms with van der Waals surface area (Å²) in [6.45, 7) is 2.15. The third-order valence-electron chi connectivity index (χ3n) is 2.62. The molecule has 0 bridgehead atoms. The summed E-state index contributed by atoms with van der Waals surface area (Å²) in [5.74, 6) is 0.912. The van der Waals surface area contributed by atoms with Gasteiger partial charge in [-0.05, 0) is 30.2 Å². The highest BCUT2D eigenvalue weighted by atomic mass is 32.1. The molecule has 1 aromatic heterocycles. The summed E-state index contributed by atoms with van der Waals surface area (Å²) in [5, 5.41) is 9.97. The predicted octanol–water partition coefficient (Wildman–Crippen LogP) is 2.87. The van der Waals surface area contributed by atoms with E-state index in [0.717, 1.165) is 27.6 Å². The number of nitrogens with zero attached hydrogens (tertiary/aromatic N) is 1. The molecule has 2 rings (SSSR count). The number of aliphatic hydroxyl groups is 1. The van der Waals surface area contributed by atoms with Gasteiger partial charge in [-0.3, -0.25) is 0 Å². The lowest BCUT2D eigenvalue weighted by molar-refractivity contribution is 0.285. The van der Waals surface area contributed by atoms with Crippen LogP contribution in [0.3, 0.4) is 0 Å². The highest BCUT2D eigenvalue weighted by Gasteiger charge is 2.07. The summed E-state index contributed by atoms with van der Waals surface area (Å²) in [5.41, 5.74) is 2.25. The maximum Gasteiger partial charge on any atom is 0.123 e. The highest BCUT2D eigenvalue weighted by Crippen LogP contribution is 2.29. The van der Waals surface area contributed by atoms with Crippen LogP contribution in [0, 0.1) is 0 Å². The number of thiazole rings is 1. The van der Waals surface area contributed by atoms with Crippen molar-refractivity contribution < 1.29 is 9.84 Å². The Morgan fingerprint density at radius 1 is 1.41 bits per heavy atom. The van der Waals surface area contributed by atoms with Crippen LogP contribution in [0.4, 0.5) is 0 Å². The Hall–Kier alpha value is -1.39. The van der Waals surface area contributed by atoms with Gasteiger partial charge in [0, 0.05) is 11.8 Å². The molecular weight excluding hydrogens is 234 g/mol. The molecule has 90 valence electrons. The zero-order chi connectivity index (χ0) is 12.3. The lowest BCUT2D eigenvalue weighted by Gasteiger charge is -2.07. The summed E-state index contributed by atoms with van der Waals surface area (Å²) >= 11 is 1.52. The first-order valence-electron chi connectivity index (χ1n) is 5.51. The average molecular weight is 249 g/mol. The van der Waals surface area contributed by atoms with Crippen molar-refractivity contribution in [2.45, 2.75) is 20.0 Å². The van der Waals surface area contributed by atoms with E-state index in [4.69, 9.17) is 9.84 Å². The van der Waals surface area contributed by atoms with Gasteiger partial charge in [0.15, 0.2) is 0 Å². The molecule has 0 atom stereocenters. The number of aromatic nitrogens is 1. The lowest BCUT2D eigenvalue weighted by atomic mass is 10.1. The monoisotopic (exact) mass is 249 g/mol. The highest BCUT2D eigenvalue weighted by molar-refractivity contribution is 7.15. The van der Waals surface area contributed by atoms with E-state index in [1.165, 1.54) is 16.9 Å². The van der Waals surface area contributed by atoms with Crippen LogP contribution in [-0.4, -0.2) is 17.2 Å². The topological polar surface area (TPSA) is 42.4 Å². The maximum absolute atomic E-state index is 9.03. The number of benzene rings is 1. The van der Waals surface area contributed by atoms with Crippen LogP contribution >= 0.6 is 11.3 Å². The molecule has 0 fully saturated rings. The third kappa shape index (κ3) is 2.48. The molecule has 3 nitrogen and oxygen atoms in total. The van der Waals surface area contributed by atoms with E-state index in [1.54, 1.807) is 13.3 Å². The lowest BCUT2D eigenvalue weighted by Crippen LogP contribution is -1.90. The summed E-state index contributed by atoms with van der Waals surface area (Å²) < 4.78 is 5.30. The van der Waals surface area contributed by atoms with Gasteiger partial charge in [0.2, 0.25) is 0 Å². The van der Waals surface area contributed by atoms with E-state index >= 15 is 0 Å². The molecule has 4 heteroatoms. The van der Waals surface area contributed by atoms with Gasteiger partial charge in [0.05, 0.1) is 18.6 Å². The van der Waals surface area contributed by atoms with Gasteiger partial charge in [-0.25, -0.2) is 4.98 Å². The Morgan fingerprint density at radius 2 is 2.24 bits per heavy atom. The molecule has 0 saturated carbocycles. The Bertz CT molecular complexity index is 508. The predicted molar refractivity (Wildman–Crippen MR) is 69.4 cm³/mol. The number of methoxy groups -OCH3 is 1. The van der Waals surface area contributed by atoms with Crippen molar-refractivity contribution in [2.24, 2.45) is 0 Å². The molecule has 1 heterocycles. The van der Waals surface area contributed by atoms with Crippen molar-refractivity contribution in [1.82, 2.24) is 4.98 Å². The van der Waals surface area contributed by atoms with Crippen LogP contribution in [0.2, 0.25) is 0 Å². The van der Waals surface area contributed by atoms with Gasteiger partial charge in [-0.2, -0.15) is 0 Å². The van der Waals surface area contributed by atoms with E-state index in [2.05, 4.69) is 18.0 Å². The zero-order valence-electron chi connectivity index (χ0n) is 9.93. The van der Waals surface area contributed by atoms with Gasteiger partial charge < -0.3 is 9.84 Å². The number of ether oxygens (including phenoxy) is 1. The smallest absolute Gasteiger partial charge is 0.123 e. The average Bonchev–Trinajstić information content (AvgIpc) is 2.86. The van der Waals surface area contributed by atoms with Crippen LogP contribution < -0.4 is 4.74 Å². The minimum absolute atomic E-state index is 0.0501. The quantitative estimate of drug-likeness (QED) is 0.906. The van der Waals surface area contributed by atoms with Crippen LogP contribution in [0.5, 0.6) is 5.75 Å². The molecule has 0 saturated heterocycles. The minimum Gasteiger partial charge on any atom is -0.496 e. The maximum atomic E-state index is 9.03. The van der Waals surface area contributed by atoms with Crippen molar-refractivity contribution >= 4 is 11.3 Å². The summed E-state index contributed by atoms with van der Waals surface area (Å²) in [7, 11) is 1.68.